The fraction of sp³-hybridized carbons (Fsp3) is 1.00. The second-order valence-corrected chi connectivity index (χ2v) is 5.64. The highest BCUT2D eigenvalue weighted by atomic mass is 15.1. The van der Waals surface area contributed by atoms with Crippen LogP contribution in [0.25, 0.3) is 0 Å². The van der Waals surface area contributed by atoms with Crippen molar-refractivity contribution in [2.75, 3.05) is 6.54 Å². The average molecular weight is 163 g/mol. The normalized spacial score (nSPS) is 71.2. The second kappa shape index (κ2) is 1.75. The minimum atomic E-state index is 0.979. The molecule has 5 unspecified atom stereocenters. The van der Waals surface area contributed by atoms with Crippen molar-refractivity contribution in [1.29, 1.82) is 0 Å². The molecule has 0 aromatic rings. The van der Waals surface area contributed by atoms with E-state index in [9.17, 15) is 0 Å². The lowest BCUT2D eigenvalue weighted by Gasteiger charge is -2.47. The van der Waals surface area contributed by atoms with Gasteiger partial charge in [-0.05, 0) is 54.9 Å². The van der Waals surface area contributed by atoms with Crippen LogP contribution in [0.2, 0.25) is 0 Å². The fourth-order valence-corrected chi connectivity index (χ4v) is 4.82. The highest BCUT2D eigenvalue weighted by molar-refractivity contribution is 5.23. The van der Waals surface area contributed by atoms with Gasteiger partial charge in [-0.1, -0.05) is 6.92 Å². The van der Waals surface area contributed by atoms with Gasteiger partial charge in [0.2, 0.25) is 0 Å². The Labute approximate surface area is 73.9 Å². The number of fused-ring (bicyclic) bond motifs is 3. The molecule has 0 radical (unpaired) electrons. The Morgan fingerprint density at radius 1 is 1.08 bits per heavy atom. The molecule has 0 spiro atoms. The van der Waals surface area contributed by atoms with Gasteiger partial charge in [0.25, 0.3) is 0 Å². The summed E-state index contributed by atoms with van der Waals surface area (Å²) in [7, 11) is 0. The van der Waals surface area contributed by atoms with Gasteiger partial charge in [0.05, 0.1) is 0 Å². The van der Waals surface area contributed by atoms with Gasteiger partial charge in [-0.25, -0.2) is 0 Å². The molecule has 3 saturated carbocycles. The predicted octanol–water partition coefficient (Wildman–Crippen LogP) is 1.50. The van der Waals surface area contributed by atoms with Gasteiger partial charge in [-0.15, -0.1) is 0 Å². The van der Waals surface area contributed by atoms with E-state index >= 15 is 0 Å². The molecule has 12 heavy (non-hydrogen) atoms. The molecule has 3 aliphatic carbocycles. The average Bonchev–Trinajstić information content (AvgIpc) is 2.60. The van der Waals surface area contributed by atoms with Crippen LogP contribution in [0, 0.1) is 35.5 Å². The van der Waals surface area contributed by atoms with Crippen LogP contribution in [0.4, 0.5) is 0 Å². The van der Waals surface area contributed by atoms with Crippen LogP contribution in [0.3, 0.4) is 0 Å². The lowest BCUT2D eigenvalue weighted by molar-refractivity contribution is 0.0153. The monoisotopic (exact) mass is 163 g/mol. The van der Waals surface area contributed by atoms with E-state index in [1.807, 2.05) is 0 Å². The van der Waals surface area contributed by atoms with E-state index in [0.717, 1.165) is 41.5 Å². The molecule has 66 valence electrons. The van der Waals surface area contributed by atoms with Gasteiger partial charge in [-0.2, -0.15) is 0 Å². The van der Waals surface area contributed by atoms with E-state index in [1.54, 1.807) is 6.42 Å². The van der Waals surface area contributed by atoms with E-state index in [2.05, 4.69) is 12.2 Å². The summed E-state index contributed by atoms with van der Waals surface area (Å²) in [6.07, 6.45) is 3.09. The van der Waals surface area contributed by atoms with E-state index in [4.69, 9.17) is 0 Å². The third-order valence-electron chi connectivity index (χ3n) is 5.18. The zero-order valence-electron chi connectivity index (χ0n) is 7.66. The molecule has 1 aliphatic heterocycles. The minimum Gasteiger partial charge on any atom is -0.313 e. The lowest BCUT2D eigenvalue weighted by atomic mass is 9.58. The Morgan fingerprint density at radius 2 is 2.00 bits per heavy atom. The standard InChI is InChI=1S/C11H17N/c1-5-2-6-3-7-8(5)10-9(7)11(10)12-4-6/h5-12H,2-4H2,1H3/t5?,6?,7?,8?,9?,10-,11-/m1/s1. The SMILES string of the molecule is CC1CC2CN[C@@H]3C4C(C2)C1[C@H]43. The summed E-state index contributed by atoms with van der Waals surface area (Å²) in [5, 5.41) is 3.76. The Bertz CT molecular complexity index is 231. The maximum Gasteiger partial charge on any atom is 0.0136 e. The molecule has 4 aliphatic rings. The predicted molar refractivity (Wildman–Crippen MR) is 47.6 cm³/mol. The van der Waals surface area contributed by atoms with Gasteiger partial charge in [-0.3, -0.25) is 0 Å². The Kier molecular flexibility index (Phi) is 0.934. The summed E-state index contributed by atoms with van der Waals surface area (Å²) in [5.41, 5.74) is 0. The number of rotatable bonds is 0. The Morgan fingerprint density at radius 3 is 2.92 bits per heavy atom. The summed E-state index contributed by atoms with van der Waals surface area (Å²) >= 11 is 0. The van der Waals surface area contributed by atoms with Gasteiger partial charge in [0.1, 0.15) is 0 Å². The molecule has 4 fully saturated rings. The molecular weight excluding hydrogens is 146 g/mol. The smallest absolute Gasteiger partial charge is 0.0136 e. The van der Waals surface area contributed by atoms with Crippen molar-refractivity contribution in [2.45, 2.75) is 25.8 Å². The molecule has 0 aromatic heterocycles. The molecule has 1 heteroatoms. The largest absolute Gasteiger partial charge is 0.313 e. The van der Waals surface area contributed by atoms with Crippen molar-refractivity contribution in [2.24, 2.45) is 35.5 Å². The first kappa shape index (κ1) is 6.42. The molecule has 4 rings (SSSR count). The maximum absolute atomic E-state index is 3.76. The molecule has 0 aromatic carbocycles. The van der Waals surface area contributed by atoms with E-state index < -0.39 is 0 Å². The molecule has 0 amide bonds. The van der Waals surface area contributed by atoms with Crippen LogP contribution < -0.4 is 5.32 Å². The molecule has 1 nitrogen and oxygen atoms in total. The number of nitrogens with one attached hydrogen (secondary N) is 1. The van der Waals surface area contributed by atoms with Gasteiger partial charge >= 0.3 is 0 Å². The van der Waals surface area contributed by atoms with Gasteiger partial charge < -0.3 is 5.32 Å². The van der Waals surface area contributed by atoms with Crippen LogP contribution in [-0.2, 0) is 0 Å². The molecule has 2 bridgehead atoms. The van der Waals surface area contributed by atoms with Gasteiger partial charge in [0.15, 0.2) is 0 Å². The van der Waals surface area contributed by atoms with Crippen LogP contribution in [0.1, 0.15) is 19.8 Å². The number of hydrogen-bond acceptors (Lipinski definition) is 1. The Hall–Kier alpha value is -0.0400. The van der Waals surface area contributed by atoms with E-state index in [-0.39, 0.29) is 0 Å². The summed E-state index contributed by atoms with van der Waals surface area (Å²) < 4.78 is 0. The Balaban J connectivity index is 1.75. The molecule has 1 N–H and O–H groups in total. The molecule has 1 heterocycles. The van der Waals surface area contributed by atoms with Crippen molar-refractivity contribution in [3.05, 3.63) is 0 Å². The van der Waals surface area contributed by atoms with Crippen molar-refractivity contribution < 1.29 is 0 Å². The third kappa shape index (κ3) is 0.527. The highest BCUT2D eigenvalue weighted by Crippen LogP contribution is 2.71. The second-order valence-electron chi connectivity index (χ2n) is 5.64. The minimum absolute atomic E-state index is 0.979. The van der Waals surface area contributed by atoms with Crippen molar-refractivity contribution in [3.63, 3.8) is 0 Å². The fourth-order valence-electron chi connectivity index (χ4n) is 4.82. The van der Waals surface area contributed by atoms with Crippen LogP contribution in [0.5, 0.6) is 0 Å². The lowest BCUT2D eigenvalue weighted by Crippen LogP contribution is -2.43. The van der Waals surface area contributed by atoms with Crippen molar-refractivity contribution in [3.8, 4) is 0 Å². The van der Waals surface area contributed by atoms with Crippen molar-refractivity contribution in [1.82, 2.24) is 5.32 Å². The molecule has 1 saturated heterocycles. The van der Waals surface area contributed by atoms with Gasteiger partial charge in [0, 0.05) is 6.04 Å². The van der Waals surface area contributed by atoms with Crippen LogP contribution in [0.15, 0.2) is 0 Å². The number of hydrogen-bond donors (Lipinski definition) is 1. The van der Waals surface area contributed by atoms with Crippen molar-refractivity contribution >= 4 is 0 Å². The first-order chi connectivity index (χ1) is 5.86. The highest BCUT2D eigenvalue weighted by Gasteiger charge is 2.71. The third-order valence-corrected chi connectivity index (χ3v) is 5.18. The first-order valence-electron chi connectivity index (χ1n) is 5.59. The molecule has 7 atom stereocenters. The zero-order chi connectivity index (χ0) is 7.87. The van der Waals surface area contributed by atoms with E-state index in [1.165, 1.54) is 13.0 Å². The zero-order valence-corrected chi connectivity index (χ0v) is 7.66. The first-order valence-corrected chi connectivity index (χ1v) is 5.59. The topological polar surface area (TPSA) is 12.0 Å². The maximum atomic E-state index is 3.76. The summed E-state index contributed by atoms with van der Waals surface area (Å²) in [6, 6.07) is 0.979. The van der Waals surface area contributed by atoms with Crippen LogP contribution >= 0.6 is 0 Å². The summed E-state index contributed by atoms with van der Waals surface area (Å²) in [6.45, 7) is 3.84. The summed E-state index contributed by atoms with van der Waals surface area (Å²) in [4.78, 5) is 0. The van der Waals surface area contributed by atoms with Crippen LogP contribution in [-0.4, -0.2) is 12.6 Å². The quantitative estimate of drug-likeness (QED) is 0.570. The van der Waals surface area contributed by atoms with E-state index in [0.29, 0.717) is 0 Å². The summed E-state index contributed by atoms with van der Waals surface area (Å²) in [5.74, 6) is 6.67. The molecular formula is C11H17N.